The lowest BCUT2D eigenvalue weighted by Crippen LogP contribution is -2.31. The Labute approximate surface area is 210 Å². The zero-order valence-corrected chi connectivity index (χ0v) is 20.7. The van der Waals surface area contributed by atoms with Crippen molar-refractivity contribution in [1.29, 1.82) is 0 Å². The lowest BCUT2D eigenvalue weighted by atomic mass is 10.00. The maximum Gasteiger partial charge on any atom is 0.286 e. The van der Waals surface area contributed by atoms with Crippen LogP contribution in [0.2, 0.25) is 0 Å². The highest BCUT2D eigenvalue weighted by Gasteiger charge is 2.31. The number of carbonyl (C=O) groups excluding carboxylic acids is 3. The second-order valence-electron chi connectivity index (χ2n) is 8.78. The molecule has 0 saturated carbocycles. The van der Waals surface area contributed by atoms with Gasteiger partial charge in [-0.05, 0) is 53.3 Å². The van der Waals surface area contributed by atoms with E-state index in [-0.39, 0.29) is 22.3 Å². The quantitative estimate of drug-likeness (QED) is 0.353. The molecule has 1 aliphatic rings. The highest BCUT2D eigenvalue weighted by molar-refractivity contribution is 8.15. The molecule has 1 atom stereocenters. The van der Waals surface area contributed by atoms with Crippen molar-refractivity contribution in [3.8, 4) is 11.1 Å². The predicted molar refractivity (Wildman–Crippen MR) is 141 cm³/mol. The van der Waals surface area contributed by atoms with Crippen molar-refractivity contribution in [1.82, 2.24) is 10.2 Å². The van der Waals surface area contributed by atoms with Crippen LogP contribution < -0.4 is 5.32 Å². The lowest BCUT2D eigenvalue weighted by Gasteiger charge is -2.23. The molecular weight excluding hydrogens is 456 g/mol. The zero-order chi connectivity index (χ0) is 24.6. The molecule has 3 amide bonds. The van der Waals surface area contributed by atoms with E-state index in [1.807, 2.05) is 65.6 Å². The normalized spacial score (nSPS) is 15.2. The van der Waals surface area contributed by atoms with Crippen LogP contribution in [0.5, 0.6) is 0 Å². The van der Waals surface area contributed by atoms with Gasteiger partial charge in [-0.1, -0.05) is 92.2 Å². The topological polar surface area (TPSA) is 66.5 Å². The second-order valence-corrected chi connectivity index (χ2v) is 9.96. The summed E-state index contributed by atoms with van der Waals surface area (Å²) in [5.41, 5.74) is 4.97. The fourth-order valence-electron chi connectivity index (χ4n) is 4.21. The van der Waals surface area contributed by atoms with Crippen molar-refractivity contribution >= 4 is 28.8 Å². The van der Waals surface area contributed by atoms with E-state index in [4.69, 9.17) is 0 Å². The summed E-state index contributed by atoms with van der Waals surface area (Å²) in [4.78, 5) is 38.4. The van der Waals surface area contributed by atoms with Gasteiger partial charge in [-0.2, -0.15) is 0 Å². The van der Waals surface area contributed by atoms with Gasteiger partial charge >= 0.3 is 0 Å². The number of hydrogen-bond donors (Lipinski definition) is 1. The summed E-state index contributed by atoms with van der Waals surface area (Å²) in [6.45, 7) is 3.46. The third kappa shape index (κ3) is 6.61. The molecule has 1 heterocycles. The summed E-state index contributed by atoms with van der Waals surface area (Å²) in [7, 11) is 0. The molecule has 1 saturated heterocycles. The van der Waals surface area contributed by atoms with Crippen LogP contribution in [0, 0.1) is 0 Å². The predicted octanol–water partition coefficient (Wildman–Crippen LogP) is 6.08. The van der Waals surface area contributed by atoms with E-state index in [1.54, 1.807) is 0 Å². The van der Waals surface area contributed by atoms with Crippen LogP contribution in [0.1, 0.15) is 47.7 Å². The fourth-order valence-corrected chi connectivity index (χ4v) is 5.07. The molecule has 0 aliphatic carbocycles. The van der Waals surface area contributed by atoms with E-state index < -0.39 is 0 Å². The first-order valence-electron chi connectivity index (χ1n) is 12.1. The summed E-state index contributed by atoms with van der Waals surface area (Å²) in [6, 6.07) is 25.9. The first-order chi connectivity index (χ1) is 17.0. The number of imide groups is 1. The van der Waals surface area contributed by atoms with Gasteiger partial charge in [0.15, 0.2) is 0 Å². The van der Waals surface area contributed by atoms with Gasteiger partial charge in [-0.25, -0.2) is 0 Å². The summed E-state index contributed by atoms with van der Waals surface area (Å²) in [5.74, 6) is -0.158. The zero-order valence-electron chi connectivity index (χ0n) is 19.9. The standard InChI is InChI=1S/C29H30N2O3S/c1-2-3-7-17-31(28(33)24-10-5-4-6-11-24)20-22-9-8-12-25(18-22)23-15-13-21(14-16-23)19-26-27(32)30-29(34)35-26/h4-6,8-16,18,26H,2-3,7,17,19-20H2,1H3,(H,30,32,34). The number of unbranched alkanes of at least 4 members (excludes halogenated alkanes) is 2. The van der Waals surface area contributed by atoms with Crippen LogP contribution in [0.3, 0.4) is 0 Å². The Morgan fingerprint density at radius 2 is 1.66 bits per heavy atom. The molecule has 0 bridgehead atoms. The Hall–Kier alpha value is -3.38. The number of hydrogen-bond acceptors (Lipinski definition) is 4. The van der Waals surface area contributed by atoms with Gasteiger partial charge in [0.1, 0.15) is 0 Å². The molecular formula is C29H30N2O3S. The Morgan fingerprint density at radius 1 is 0.886 bits per heavy atom. The maximum atomic E-state index is 13.2. The highest BCUT2D eigenvalue weighted by Crippen LogP contribution is 2.26. The van der Waals surface area contributed by atoms with Crippen molar-refractivity contribution < 1.29 is 14.4 Å². The van der Waals surface area contributed by atoms with Gasteiger partial charge < -0.3 is 4.90 Å². The van der Waals surface area contributed by atoms with Crippen LogP contribution >= 0.6 is 11.8 Å². The first kappa shape index (κ1) is 24.7. The minimum Gasteiger partial charge on any atom is -0.334 e. The van der Waals surface area contributed by atoms with E-state index in [2.05, 4.69) is 30.4 Å². The third-order valence-electron chi connectivity index (χ3n) is 6.12. The SMILES string of the molecule is CCCCCN(Cc1cccc(-c2ccc(CC3SC(=O)NC3=O)cc2)c1)C(=O)c1ccccc1. The van der Waals surface area contributed by atoms with Crippen LogP contribution in [0.25, 0.3) is 11.1 Å². The van der Waals surface area contributed by atoms with Crippen molar-refractivity contribution in [2.75, 3.05) is 6.54 Å². The van der Waals surface area contributed by atoms with Gasteiger partial charge in [0.25, 0.3) is 11.1 Å². The second kappa shape index (κ2) is 11.8. The molecule has 3 aromatic rings. The van der Waals surface area contributed by atoms with E-state index >= 15 is 0 Å². The van der Waals surface area contributed by atoms with E-state index in [1.165, 1.54) is 0 Å². The molecule has 1 aliphatic heterocycles. The van der Waals surface area contributed by atoms with Gasteiger partial charge in [-0.3, -0.25) is 19.7 Å². The molecule has 3 aromatic carbocycles. The number of rotatable bonds is 10. The van der Waals surface area contributed by atoms with Gasteiger partial charge in [-0.15, -0.1) is 0 Å². The van der Waals surface area contributed by atoms with Crippen molar-refractivity contribution in [3.05, 3.63) is 95.6 Å². The minimum atomic E-state index is -0.363. The summed E-state index contributed by atoms with van der Waals surface area (Å²) < 4.78 is 0. The fraction of sp³-hybridized carbons (Fsp3) is 0.276. The van der Waals surface area contributed by atoms with Gasteiger partial charge in [0.2, 0.25) is 5.91 Å². The Balaban J connectivity index is 1.47. The summed E-state index contributed by atoms with van der Waals surface area (Å²) in [6.07, 6.45) is 3.72. The molecule has 5 nitrogen and oxygen atoms in total. The van der Waals surface area contributed by atoms with E-state index in [9.17, 15) is 14.4 Å². The number of nitrogens with one attached hydrogen (secondary N) is 1. The minimum absolute atomic E-state index is 0.0590. The van der Waals surface area contributed by atoms with Crippen LogP contribution in [0.15, 0.2) is 78.9 Å². The smallest absolute Gasteiger partial charge is 0.286 e. The van der Waals surface area contributed by atoms with Crippen molar-refractivity contribution in [2.24, 2.45) is 0 Å². The molecule has 180 valence electrons. The number of thioether (sulfide) groups is 1. The van der Waals surface area contributed by atoms with E-state index in [0.717, 1.165) is 59.8 Å². The summed E-state index contributed by atoms with van der Waals surface area (Å²) >= 11 is 1.05. The van der Waals surface area contributed by atoms with E-state index in [0.29, 0.717) is 18.5 Å². The van der Waals surface area contributed by atoms with Gasteiger partial charge in [0.05, 0.1) is 5.25 Å². The molecule has 6 heteroatoms. The van der Waals surface area contributed by atoms with Crippen LogP contribution in [0.4, 0.5) is 4.79 Å². The third-order valence-corrected chi connectivity index (χ3v) is 7.10. The largest absolute Gasteiger partial charge is 0.334 e. The van der Waals surface area contributed by atoms with Crippen LogP contribution in [-0.4, -0.2) is 33.7 Å². The Kier molecular flexibility index (Phi) is 8.37. The van der Waals surface area contributed by atoms with Crippen molar-refractivity contribution in [3.63, 3.8) is 0 Å². The molecule has 0 radical (unpaired) electrons. The Morgan fingerprint density at radius 3 is 2.34 bits per heavy atom. The molecule has 35 heavy (non-hydrogen) atoms. The highest BCUT2D eigenvalue weighted by atomic mass is 32.2. The maximum absolute atomic E-state index is 13.2. The first-order valence-corrected chi connectivity index (χ1v) is 13.0. The molecule has 4 rings (SSSR count). The molecule has 0 spiro atoms. The lowest BCUT2D eigenvalue weighted by molar-refractivity contribution is -0.118. The van der Waals surface area contributed by atoms with Gasteiger partial charge in [0, 0.05) is 18.7 Å². The molecule has 1 unspecified atom stereocenters. The summed E-state index contributed by atoms with van der Waals surface area (Å²) in [5, 5.41) is 1.70. The molecule has 0 aromatic heterocycles. The van der Waals surface area contributed by atoms with Crippen LogP contribution in [-0.2, 0) is 17.8 Å². The van der Waals surface area contributed by atoms with Crippen molar-refractivity contribution in [2.45, 2.75) is 44.4 Å². The number of amides is 3. The number of carbonyl (C=O) groups is 3. The average molecular weight is 487 g/mol. The average Bonchev–Trinajstić information content (AvgIpc) is 3.20. The number of benzene rings is 3. The molecule has 1 N–H and O–H groups in total. The Bertz CT molecular complexity index is 1180. The monoisotopic (exact) mass is 486 g/mol. The number of nitrogens with zero attached hydrogens (tertiary/aromatic N) is 1. The molecule has 1 fully saturated rings.